The van der Waals surface area contributed by atoms with E-state index in [2.05, 4.69) is 16.0 Å². The Labute approximate surface area is 115 Å². The lowest BCUT2D eigenvalue weighted by Crippen LogP contribution is -1.92. The van der Waals surface area contributed by atoms with Crippen LogP contribution in [-0.4, -0.2) is 14.5 Å². The fraction of sp³-hybridized carbons (Fsp3) is 0.143. The number of hydrogen-bond acceptors (Lipinski definition) is 4. The van der Waals surface area contributed by atoms with Crippen LogP contribution < -0.4 is 5.73 Å². The molecule has 0 unspecified atom stereocenters. The molecule has 1 aromatic carbocycles. The molecule has 19 heavy (non-hydrogen) atoms. The predicted octanol–water partition coefficient (Wildman–Crippen LogP) is 3.01. The Bertz CT molecular complexity index is 748. The monoisotopic (exact) mass is 270 g/mol. The quantitative estimate of drug-likeness (QED) is 0.727. The number of hydrogen-bond donors (Lipinski definition) is 1. The molecule has 0 saturated heterocycles. The minimum atomic E-state index is 0.750. The van der Waals surface area contributed by atoms with Gasteiger partial charge in [-0.05, 0) is 31.2 Å². The van der Waals surface area contributed by atoms with Crippen LogP contribution in [-0.2, 0) is 7.05 Å². The number of imidazole rings is 1. The average Bonchev–Trinajstić information content (AvgIpc) is 2.76. The van der Waals surface area contributed by atoms with Crippen LogP contribution in [0, 0.1) is 6.92 Å². The predicted molar refractivity (Wildman–Crippen MR) is 78.2 cm³/mol. The number of benzene rings is 1. The molecule has 2 aromatic heterocycles. The van der Waals surface area contributed by atoms with Gasteiger partial charge in [0.1, 0.15) is 0 Å². The van der Waals surface area contributed by atoms with E-state index in [4.69, 9.17) is 5.73 Å². The molecule has 3 rings (SSSR count). The summed E-state index contributed by atoms with van der Waals surface area (Å²) in [6, 6.07) is 7.87. The molecular weight excluding hydrogens is 256 g/mol. The Morgan fingerprint density at radius 2 is 2.11 bits per heavy atom. The summed E-state index contributed by atoms with van der Waals surface area (Å²) in [5.41, 5.74) is 8.58. The summed E-state index contributed by atoms with van der Waals surface area (Å²) in [6.45, 7) is 2.00. The van der Waals surface area contributed by atoms with Crippen molar-refractivity contribution in [1.82, 2.24) is 14.5 Å². The van der Waals surface area contributed by atoms with Crippen molar-refractivity contribution in [2.45, 2.75) is 17.0 Å². The zero-order valence-corrected chi connectivity index (χ0v) is 11.6. The average molecular weight is 270 g/mol. The Morgan fingerprint density at radius 3 is 2.84 bits per heavy atom. The van der Waals surface area contributed by atoms with Crippen molar-refractivity contribution >= 4 is 28.4 Å². The molecule has 2 heterocycles. The van der Waals surface area contributed by atoms with E-state index in [1.807, 2.05) is 42.9 Å². The van der Waals surface area contributed by atoms with Gasteiger partial charge in [-0.1, -0.05) is 11.8 Å². The number of rotatable bonds is 2. The molecule has 0 atom stereocenters. The van der Waals surface area contributed by atoms with Crippen molar-refractivity contribution in [3.8, 4) is 0 Å². The zero-order chi connectivity index (χ0) is 13.4. The standard InChI is InChI=1S/C14H14N4S/c1-9-7-13(19-14-16-5-6-18(14)2)11-8-10(15)3-4-12(11)17-9/h3-8H,15H2,1-2H3. The summed E-state index contributed by atoms with van der Waals surface area (Å²) in [7, 11) is 1.99. The van der Waals surface area contributed by atoms with Crippen molar-refractivity contribution < 1.29 is 0 Å². The lowest BCUT2D eigenvalue weighted by molar-refractivity contribution is 0.790. The Morgan fingerprint density at radius 1 is 1.26 bits per heavy atom. The van der Waals surface area contributed by atoms with Gasteiger partial charge in [-0.25, -0.2) is 4.98 Å². The second-order valence-electron chi connectivity index (χ2n) is 4.46. The molecule has 0 aliphatic rings. The highest BCUT2D eigenvalue weighted by Gasteiger charge is 2.09. The lowest BCUT2D eigenvalue weighted by Gasteiger charge is -2.08. The minimum absolute atomic E-state index is 0.750. The summed E-state index contributed by atoms with van der Waals surface area (Å²) >= 11 is 1.63. The molecule has 5 heteroatoms. The Balaban J connectivity index is 2.16. The van der Waals surface area contributed by atoms with Gasteiger partial charge in [0.25, 0.3) is 0 Å². The van der Waals surface area contributed by atoms with E-state index in [0.29, 0.717) is 0 Å². The van der Waals surface area contributed by atoms with Gasteiger partial charge in [0.2, 0.25) is 0 Å². The van der Waals surface area contributed by atoms with Crippen LogP contribution in [0.25, 0.3) is 10.9 Å². The fourth-order valence-corrected chi connectivity index (χ4v) is 2.99. The van der Waals surface area contributed by atoms with Crippen LogP contribution in [0.4, 0.5) is 5.69 Å². The van der Waals surface area contributed by atoms with E-state index in [9.17, 15) is 0 Å². The maximum Gasteiger partial charge on any atom is 0.172 e. The largest absolute Gasteiger partial charge is 0.399 e. The maximum atomic E-state index is 5.88. The smallest absolute Gasteiger partial charge is 0.172 e. The van der Waals surface area contributed by atoms with Crippen LogP contribution in [0.15, 0.2) is 46.7 Å². The molecule has 96 valence electrons. The summed E-state index contributed by atoms with van der Waals surface area (Å²) in [5.74, 6) is 0. The van der Waals surface area contributed by atoms with Crippen LogP contribution in [0.3, 0.4) is 0 Å². The molecule has 3 aromatic rings. The fourth-order valence-electron chi connectivity index (χ4n) is 1.97. The van der Waals surface area contributed by atoms with E-state index >= 15 is 0 Å². The van der Waals surface area contributed by atoms with Gasteiger partial charge in [0, 0.05) is 41.1 Å². The number of fused-ring (bicyclic) bond motifs is 1. The van der Waals surface area contributed by atoms with Crippen molar-refractivity contribution in [3.05, 3.63) is 42.4 Å². The van der Waals surface area contributed by atoms with Gasteiger partial charge in [-0.3, -0.25) is 4.98 Å². The highest BCUT2D eigenvalue weighted by atomic mass is 32.2. The van der Waals surface area contributed by atoms with E-state index in [0.717, 1.165) is 32.3 Å². The first-order valence-corrected chi connectivity index (χ1v) is 6.77. The molecule has 0 aliphatic heterocycles. The first kappa shape index (κ1) is 12.0. The minimum Gasteiger partial charge on any atom is -0.399 e. The number of nitrogens with zero attached hydrogens (tertiary/aromatic N) is 3. The molecule has 0 spiro atoms. The van der Waals surface area contributed by atoms with Gasteiger partial charge in [0.05, 0.1) is 5.52 Å². The van der Waals surface area contributed by atoms with Crippen LogP contribution in [0.2, 0.25) is 0 Å². The van der Waals surface area contributed by atoms with Crippen LogP contribution in [0.5, 0.6) is 0 Å². The van der Waals surface area contributed by atoms with Gasteiger partial charge in [-0.2, -0.15) is 0 Å². The molecule has 0 radical (unpaired) electrons. The summed E-state index contributed by atoms with van der Waals surface area (Å²) in [6.07, 6.45) is 3.74. The third kappa shape index (κ3) is 2.29. The lowest BCUT2D eigenvalue weighted by atomic mass is 10.2. The highest BCUT2D eigenvalue weighted by molar-refractivity contribution is 7.99. The van der Waals surface area contributed by atoms with E-state index in [1.165, 1.54) is 0 Å². The Hall–Kier alpha value is -2.01. The molecule has 0 saturated carbocycles. The number of nitrogen functional groups attached to an aromatic ring is 1. The van der Waals surface area contributed by atoms with Crippen LogP contribution >= 0.6 is 11.8 Å². The number of aromatic nitrogens is 3. The molecule has 4 nitrogen and oxygen atoms in total. The van der Waals surface area contributed by atoms with Crippen molar-refractivity contribution in [2.24, 2.45) is 7.05 Å². The third-order valence-corrected chi connectivity index (χ3v) is 4.03. The molecule has 2 N–H and O–H groups in total. The number of pyridine rings is 1. The molecule has 0 fully saturated rings. The highest BCUT2D eigenvalue weighted by Crippen LogP contribution is 2.33. The van der Waals surface area contributed by atoms with Crippen LogP contribution in [0.1, 0.15) is 5.69 Å². The third-order valence-electron chi connectivity index (χ3n) is 2.90. The summed E-state index contributed by atoms with van der Waals surface area (Å²) in [5, 5.41) is 2.02. The number of aryl methyl sites for hydroxylation is 2. The van der Waals surface area contributed by atoms with E-state index < -0.39 is 0 Å². The topological polar surface area (TPSA) is 56.7 Å². The molecule has 0 amide bonds. The van der Waals surface area contributed by atoms with Gasteiger partial charge in [-0.15, -0.1) is 0 Å². The molecule has 0 bridgehead atoms. The molecule has 0 aliphatic carbocycles. The number of anilines is 1. The summed E-state index contributed by atoms with van der Waals surface area (Å²) in [4.78, 5) is 10.0. The SMILES string of the molecule is Cc1cc(Sc2nccn2C)c2cc(N)ccc2n1. The first-order chi connectivity index (χ1) is 9.13. The second kappa shape index (κ2) is 4.59. The molecular formula is C14H14N4S. The van der Waals surface area contributed by atoms with Crippen molar-refractivity contribution in [1.29, 1.82) is 0 Å². The maximum absolute atomic E-state index is 5.88. The van der Waals surface area contributed by atoms with Crippen molar-refractivity contribution in [3.63, 3.8) is 0 Å². The van der Waals surface area contributed by atoms with E-state index in [-0.39, 0.29) is 0 Å². The second-order valence-corrected chi connectivity index (χ2v) is 5.47. The number of nitrogens with two attached hydrogens (primary N) is 1. The van der Waals surface area contributed by atoms with Gasteiger partial charge < -0.3 is 10.3 Å². The summed E-state index contributed by atoms with van der Waals surface area (Å²) < 4.78 is 2.00. The van der Waals surface area contributed by atoms with Gasteiger partial charge in [0.15, 0.2) is 5.16 Å². The van der Waals surface area contributed by atoms with Gasteiger partial charge >= 0.3 is 0 Å². The van der Waals surface area contributed by atoms with E-state index in [1.54, 1.807) is 18.0 Å². The Kier molecular flexibility index (Phi) is 2.91. The van der Waals surface area contributed by atoms with Crippen molar-refractivity contribution in [2.75, 3.05) is 5.73 Å². The first-order valence-electron chi connectivity index (χ1n) is 5.95. The normalized spacial score (nSPS) is 11.1. The zero-order valence-electron chi connectivity index (χ0n) is 10.8.